The molecule has 0 aliphatic carbocycles. The highest BCUT2D eigenvalue weighted by Gasteiger charge is 2.39. The van der Waals surface area contributed by atoms with Crippen LogP contribution in [-0.4, -0.2) is 38.1 Å². The zero-order chi connectivity index (χ0) is 25.4. The molecule has 0 saturated heterocycles. The number of halogens is 6. The normalized spacial score (nSPS) is 13.5. The quantitative estimate of drug-likeness (QED) is 0.459. The Balaban J connectivity index is 2.10. The largest absolute Gasteiger partial charge is 0.480 e. The standard InChI is InChI=1S/C21H18ClF5N4O3/c1-9(32)19-29-18(30-31(19)3)11-8-16(34-10(2)21(25,26)27)12(7-15(11)24)20(33)28-17-13(22)5-4-6-14(17)23/h4-10,32H,1-3H3,(H,28,33). The zero-order valence-electron chi connectivity index (χ0n) is 17.9. The van der Waals surface area contributed by atoms with E-state index in [4.69, 9.17) is 16.3 Å². The van der Waals surface area contributed by atoms with Gasteiger partial charge in [-0.25, -0.2) is 13.8 Å². The van der Waals surface area contributed by atoms with Gasteiger partial charge in [-0.15, -0.1) is 0 Å². The minimum absolute atomic E-state index is 0.0662. The maximum Gasteiger partial charge on any atom is 0.425 e. The molecule has 1 heterocycles. The number of hydrogen-bond acceptors (Lipinski definition) is 5. The van der Waals surface area contributed by atoms with E-state index in [0.717, 1.165) is 12.1 Å². The first-order valence-corrected chi connectivity index (χ1v) is 10.1. The Kier molecular flexibility index (Phi) is 7.13. The highest BCUT2D eigenvalue weighted by Crippen LogP contribution is 2.34. The Labute approximate surface area is 195 Å². The minimum atomic E-state index is -4.81. The van der Waals surface area contributed by atoms with E-state index in [2.05, 4.69) is 15.4 Å². The lowest BCUT2D eigenvalue weighted by molar-refractivity contribution is -0.189. The van der Waals surface area contributed by atoms with Crippen LogP contribution in [-0.2, 0) is 7.05 Å². The van der Waals surface area contributed by atoms with Crippen molar-refractivity contribution in [2.24, 2.45) is 7.05 Å². The first-order valence-electron chi connectivity index (χ1n) is 9.71. The van der Waals surface area contributed by atoms with Crippen molar-refractivity contribution >= 4 is 23.2 Å². The fourth-order valence-corrected chi connectivity index (χ4v) is 3.14. The van der Waals surface area contributed by atoms with Crippen molar-refractivity contribution in [2.75, 3.05) is 5.32 Å². The summed E-state index contributed by atoms with van der Waals surface area (Å²) in [6.45, 7) is 2.09. The summed E-state index contributed by atoms with van der Waals surface area (Å²) in [5.74, 6) is -3.99. The summed E-state index contributed by atoms with van der Waals surface area (Å²) < 4.78 is 74.6. The third-order valence-corrected chi connectivity index (χ3v) is 5.01. The molecule has 1 aromatic heterocycles. The summed E-state index contributed by atoms with van der Waals surface area (Å²) in [6.07, 6.45) is -8.25. The molecule has 0 aliphatic rings. The van der Waals surface area contributed by atoms with Crippen LogP contribution in [0.1, 0.15) is 36.1 Å². The third kappa shape index (κ3) is 5.28. The van der Waals surface area contributed by atoms with Crippen molar-refractivity contribution in [1.82, 2.24) is 14.8 Å². The molecule has 2 aromatic carbocycles. The summed E-state index contributed by atoms with van der Waals surface area (Å²) in [5.41, 5.74) is -1.47. The van der Waals surface area contributed by atoms with Gasteiger partial charge < -0.3 is 15.2 Å². The number of aryl methyl sites for hydroxylation is 1. The number of anilines is 1. The average Bonchev–Trinajstić information content (AvgIpc) is 3.12. The summed E-state index contributed by atoms with van der Waals surface area (Å²) in [7, 11) is 1.43. The Morgan fingerprint density at radius 3 is 2.44 bits per heavy atom. The van der Waals surface area contributed by atoms with Gasteiger partial charge in [0.25, 0.3) is 5.91 Å². The number of carbonyl (C=O) groups is 1. The number of benzene rings is 2. The number of hydrogen-bond donors (Lipinski definition) is 2. The fourth-order valence-electron chi connectivity index (χ4n) is 2.93. The smallest absolute Gasteiger partial charge is 0.425 e. The monoisotopic (exact) mass is 504 g/mol. The molecular weight excluding hydrogens is 487 g/mol. The molecule has 2 atom stereocenters. The van der Waals surface area contributed by atoms with Crippen LogP contribution in [0.5, 0.6) is 5.75 Å². The molecule has 2 N–H and O–H groups in total. The van der Waals surface area contributed by atoms with Gasteiger partial charge in [-0.1, -0.05) is 17.7 Å². The summed E-state index contributed by atoms with van der Waals surface area (Å²) in [4.78, 5) is 16.8. The van der Waals surface area contributed by atoms with Gasteiger partial charge >= 0.3 is 6.18 Å². The first-order chi connectivity index (χ1) is 15.8. The Hall–Kier alpha value is -3.25. The number of nitrogens with zero attached hydrogens (tertiary/aromatic N) is 3. The van der Waals surface area contributed by atoms with Crippen LogP contribution >= 0.6 is 11.6 Å². The van der Waals surface area contributed by atoms with E-state index in [9.17, 15) is 31.9 Å². The van der Waals surface area contributed by atoms with E-state index >= 15 is 0 Å². The Bertz CT molecular complexity index is 1210. The number of ether oxygens (including phenoxy) is 1. The Morgan fingerprint density at radius 2 is 1.88 bits per heavy atom. The van der Waals surface area contributed by atoms with E-state index in [0.29, 0.717) is 13.0 Å². The number of carbonyl (C=O) groups excluding carboxylic acids is 1. The highest BCUT2D eigenvalue weighted by molar-refractivity contribution is 6.34. The number of aliphatic hydroxyl groups excluding tert-OH is 1. The van der Waals surface area contributed by atoms with Crippen LogP contribution in [0.15, 0.2) is 30.3 Å². The SMILES string of the molecule is CC(O)c1nc(-c2cc(OC(C)C(F)(F)F)c(C(=O)Nc3c(F)cccc3Cl)cc2F)nn1C. The number of para-hydroxylation sites is 1. The van der Waals surface area contributed by atoms with Crippen LogP contribution in [0.2, 0.25) is 5.02 Å². The fraction of sp³-hybridized carbons (Fsp3) is 0.286. The van der Waals surface area contributed by atoms with Crippen molar-refractivity contribution in [3.8, 4) is 17.1 Å². The van der Waals surface area contributed by atoms with Gasteiger partial charge in [0.05, 0.1) is 21.8 Å². The first kappa shape index (κ1) is 25.4. The van der Waals surface area contributed by atoms with Crippen molar-refractivity contribution < 1.29 is 36.6 Å². The number of rotatable bonds is 6. The van der Waals surface area contributed by atoms with Crippen LogP contribution in [0, 0.1) is 11.6 Å². The second kappa shape index (κ2) is 9.55. The molecule has 0 fully saturated rings. The van der Waals surface area contributed by atoms with Gasteiger partial charge in [0.15, 0.2) is 17.8 Å². The zero-order valence-corrected chi connectivity index (χ0v) is 18.7. The van der Waals surface area contributed by atoms with Crippen LogP contribution in [0.25, 0.3) is 11.4 Å². The van der Waals surface area contributed by atoms with E-state index in [1.54, 1.807) is 0 Å². The van der Waals surface area contributed by atoms with E-state index < -0.39 is 52.9 Å². The maximum atomic E-state index is 15.0. The van der Waals surface area contributed by atoms with Gasteiger partial charge in [-0.2, -0.15) is 18.3 Å². The summed E-state index contributed by atoms with van der Waals surface area (Å²) >= 11 is 5.88. The van der Waals surface area contributed by atoms with E-state index in [-0.39, 0.29) is 22.2 Å². The molecule has 0 bridgehead atoms. The van der Waals surface area contributed by atoms with Crippen molar-refractivity contribution in [3.05, 3.63) is 58.4 Å². The number of aromatic nitrogens is 3. The molecule has 0 spiro atoms. The molecule has 0 aliphatic heterocycles. The third-order valence-electron chi connectivity index (χ3n) is 4.69. The van der Waals surface area contributed by atoms with Gasteiger partial charge in [0.2, 0.25) is 0 Å². The molecule has 2 unspecified atom stereocenters. The Morgan fingerprint density at radius 1 is 1.21 bits per heavy atom. The predicted octanol–water partition coefficient (Wildman–Crippen LogP) is 5.05. The summed E-state index contributed by atoms with van der Waals surface area (Å²) in [6, 6.07) is 5.01. The molecule has 34 heavy (non-hydrogen) atoms. The number of alkyl halides is 3. The molecule has 13 heteroatoms. The highest BCUT2D eigenvalue weighted by atomic mass is 35.5. The van der Waals surface area contributed by atoms with Gasteiger partial charge in [-0.3, -0.25) is 9.48 Å². The van der Waals surface area contributed by atoms with Gasteiger partial charge in [0.1, 0.15) is 23.5 Å². The molecular formula is C21H18ClF5N4O3. The van der Waals surface area contributed by atoms with Gasteiger partial charge in [-0.05, 0) is 38.1 Å². The molecule has 3 aromatic rings. The molecule has 0 saturated carbocycles. The lowest BCUT2D eigenvalue weighted by atomic mass is 10.1. The molecule has 0 radical (unpaired) electrons. The lowest BCUT2D eigenvalue weighted by Crippen LogP contribution is -2.32. The summed E-state index contributed by atoms with van der Waals surface area (Å²) in [5, 5.41) is 15.6. The molecule has 3 rings (SSSR count). The second-order valence-electron chi connectivity index (χ2n) is 7.27. The van der Waals surface area contributed by atoms with Crippen molar-refractivity contribution in [2.45, 2.75) is 32.2 Å². The van der Waals surface area contributed by atoms with Crippen molar-refractivity contribution in [3.63, 3.8) is 0 Å². The number of nitrogens with one attached hydrogen (secondary N) is 1. The van der Waals surface area contributed by atoms with Crippen molar-refractivity contribution in [1.29, 1.82) is 0 Å². The van der Waals surface area contributed by atoms with Crippen LogP contribution in [0.3, 0.4) is 0 Å². The molecule has 7 nitrogen and oxygen atoms in total. The number of amides is 1. The molecule has 1 amide bonds. The van der Waals surface area contributed by atoms with Gasteiger partial charge in [0, 0.05) is 7.05 Å². The van der Waals surface area contributed by atoms with Crippen LogP contribution in [0.4, 0.5) is 27.6 Å². The van der Waals surface area contributed by atoms with E-state index in [1.807, 2.05) is 0 Å². The molecule has 182 valence electrons. The maximum absolute atomic E-state index is 15.0. The van der Waals surface area contributed by atoms with E-state index in [1.165, 1.54) is 30.8 Å². The topological polar surface area (TPSA) is 89.3 Å². The minimum Gasteiger partial charge on any atom is -0.480 e. The lowest BCUT2D eigenvalue weighted by Gasteiger charge is -2.20. The second-order valence-corrected chi connectivity index (χ2v) is 7.68. The average molecular weight is 505 g/mol. The van der Waals surface area contributed by atoms with Crippen LogP contribution < -0.4 is 10.1 Å². The number of aliphatic hydroxyl groups is 1. The predicted molar refractivity (Wildman–Crippen MR) is 113 cm³/mol.